The molecule has 6 heteroatoms. The second kappa shape index (κ2) is 6.98. The Morgan fingerprint density at radius 2 is 2.00 bits per heavy atom. The Balaban J connectivity index is 1.67. The number of carbonyl (C=O) groups is 1. The number of hydrogen-bond donors (Lipinski definition) is 1. The van der Waals surface area contributed by atoms with Crippen molar-refractivity contribution in [2.75, 3.05) is 32.7 Å². The summed E-state index contributed by atoms with van der Waals surface area (Å²) in [7, 11) is 0. The number of quaternary nitrogens is 1. The lowest BCUT2D eigenvalue weighted by molar-refractivity contribution is -0.902. The van der Waals surface area contributed by atoms with Gasteiger partial charge in [0.2, 0.25) is 0 Å². The molecule has 0 aliphatic carbocycles. The standard InChI is InChI=1S/C16H18BrN3OS/c1-2-19-7-9-20(10-8-19)16-18-15(21)14(22-16)11-12-3-5-13(17)6-4-12/h3-6,11H,2,7-10H2,1H3/p+1/b14-11+. The number of nitrogens with zero attached hydrogens (tertiary/aromatic N) is 2. The summed E-state index contributed by atoms with van der Waals surface area (Å²) in [5.74, 6) is -0.117. The lowest BCUT2D eigenvalue weighted by atomic mass is 10.2. The minimum absolute atomic E-state index is 0.117. The zero-order chi connectivity index (χ0) is 15.5. The SMILES string of the molecule is CC[NH+]1CCN(C2=NC(=O)/C(=C\c3ccc(Br)cc3)S2)CC1. The third-order valence-electron chi connectivity index (χ3n) is 4.02. The van der Waals surface area contributed by atoms with E-state index in [1.165, 1.54) is 18.3 Å². The highest BCUT2D eigenvalue weighted by Crippen LogP contribution is 2.30. The van der Waals surface area contributed by atoms with Crippen LogP contribution in [0, 0.1) is 0 Å². The molecule has 0 radical (unpaired) electrons. The summed E-state index contributed by atoms with van der Waals surface area (Å²) in [6, 6.07) is 7.94. The fourth-order valence-electron chi connectivity index (χ4n) is 2.61. The number of benzene rings is 1. The molecule has 1 saturated heterocycles. The Bertz CT molecular complexity index is 619. The van der Waals surface area contributed by atoms with Crippen molar-refractivity contribution in [3.8, 4) is 0 Å². The Kier molecular flexibility index (Phi) is 5.00. The lowest BCUT2D eigenvalue weighted by Crippen LogP contribution is -3.14. The molecule has 0 aromatic heterocycles. The van der Waals surface area contributed by atoms with Crippen LogP contribution in [-0.4, -0.2) is 48.7 Å². The molecule has 1 aromatic carbocycles. The molecule has 0 atom stereocenters. The van der Waals surface area contributed by atoms with Crippen molar-refractivity contribution in [2.24, 2.45) is 4.99 Å². The molecule has 0 saturated carbocycles. The summed E-state index contributed by atoms with van der Waals surface area (Å²) in [5.41, 5.74) is 1.02. The molecule has 3 rings (SSSR count). The van der Waals surface area contributed by atoms with E-state index in [2.05, 4.69) is 32.7 Å². The number of aliphatic imine (C=N–C) groups is 1. The van der Waals surface area contributed by atoms with Gasteiger partial charge in [-0.05, 0) is 42.5 Å². The fraction of sp³-hybridized carbons (Fsp3) is 0.375. The molecule has 1 fully saturated rings. The summed E-state index contributed by atoms with van der Waals surface area (Å²) in [5, 5.41) is 0.864. The van der Waals surface area contributed by atoms with Crippen LogP contribution in [0.5, 0.6) is 0 Å². The molecule has 4 nitrogen and oxygen atoms in total. The van der Waals surface area contributed by atoms with Crippen LogP contribution >= 0.6 is 27.7 Å². The van der Waals surface area contributed by atoms with Gasteiger partial charge in [0.1, 0.15) is 0 Å². The van der Waals surface area contributed by atoms with Gasteiger partial charge in [-0.25, -0.2) is 0 Å². The van der Waals surface area contributed by atoms with E-state index in [1.54, 1.807) is 4.90 Å². The second-order valence-electron chi connectivity index (χ2n) is 5.45. The number of rotatable bonds is 2. The molecule has 0 spiro atoms. The van der Waals surface area contributed by atoms with Gasteiger partial charge in [-0.2, -0.15) is 4.99 Å². The molecule has 116 valence electrons. The summed E-state index contributed by atoms with van der Waals surface area (Å²) >= 11 is 4.92. The van der Waals surface area contributed by atoms with Crippen LogP contribution in [0.4, 0.5) is 0 Å². The first-order chi connectivity index (χ1) is 10.7. The van der Waals surface area contributed by atoms with Crippen LogP contribution in [0.1, 0.15) is 12.5 Å². The Hall–Kier alpha value is -1.11. The minimum atomic E-state index is -0.117. The van der Waals surface area contributed by atoms with E-state index in [1.807, 2.05) is 30.3 Å². The number of thioether (sulfide) groups is 1. The molecular formula is C16H19BrN3OS+. The maximum absolute atomic E-state index is 12.1. The van der Waals surface area contributed by atoms with Gasteiger partial charge in [-0.15, -0.1) is 0 Å². The quantitative estimate of drug-likeness (QED) is 0.792. The monoisotopic (exact) mass is 380 g/mol. The zero-order valence-corrected chi connectivity index (χ0v) is 14.9. The number of amides is 1. The molecule has 0 bridgehead atoms. The van der Waals surface area contributed by atoms with Gasteiger partial charge in [-0.3, -0.25) is 4.79 Å². The number of amidine groups is 1. The Morgan fingerprint density at radius 3 is 2.64 bits per heavy atom. The lowest BCUT2D eigenvalue weighted by Gasteiger charge is -2.32. The third-order valence-corrected chi connectivity index (χ3v) is 5.59. The maximum Gasteiger partial charge on any atom is 0.286 e. The number of halogens is 1. The molecule has 1 amide bonds. The zero-order valence-electron chi connectivity index (χ0n) is 12.5. The van der Waals surface area contributed by atoms with E-state index in [9.17, 15) is 4.79 Å². The normalized spacial score (nSPS) is 21.5. The molecular weight excluding hydrogens is 362 g/mol. The van der Waals surface area contributed by atoms with Gasteiger partial charge < -0.3 is 9.80 Å². The van der Waals surface area contributed by atoms with Gasteiger partial charge in [0.05, 0.1) is 37.6 Å². The van der Waals surface area contributed by atoms with Crippen LogP contribution in [0.3, 0.4) is 0 Å². The first-order valence-electron chi connectivity index (χ1n) is 7.52. The van der Waals surface area contributed by atoms with E-state index in [0.717, 1.165) is 41.4 Å². The van der Waals surface area contributed by atoms with Crippen molar-refractivity contribution in [3.05, 3.63) is 39.2 Å². The minimum Gasteiger partial charge on any atom is -0.339 e. The predicted octanol–water partition coefficient (Wildman–Crippen LogP) is 1.64. The topological polar surface area (TPSA) is 37.1 Å². The third kappa shape index (κ3) is 3.62. The molecule has 2 heterocycles. The highest BCUT2D eigenvalue weighted by Gasteiger charge is 2.29. The Morgan fingerprint density at radius 1 is 1.32 bits per heavy atom. The van der Waals surface area contributed by atoms with E-state index in [4.69, 9.17) is 0 Å². The second-order valence-corrected chi connectivity index (χ2v) is 7.38. The van der Waals surface area contributed by atoms with E-state index >= 15 is 0 Å². The summed E-state index contributed by atoms with van der Waals surface area (Å²) in [4.78, 5) is 20.9. The van der Waals surface area contributed by atoms with Gasteiger partial charge in [0.25, 0.3) is 5.91 Å². The highest BCUT2D eigenvalue weighted by atomic mass is 79.9. The largest absolute Gasteiger partial charge is 0.339 e. The van der Waals surface area contributed by atoms with E-state index in [0.29, 0.717) is 4.91 Å². The molecule has 1 aromatic rings. The smallest absolute Gasteiger partial charge is 0.286 e. The van der Waals surface area contributed by atoms with E-state index < -0.39 is 0 Å². The van der Waals surface area contributed by atoms with Crippen molar-refractivity contribution in [2.45, 2.75) is 6.92 Å². The summed E-state index contributed by atoms with van der Waals surface area (Å²) in [6.07, 6.45) is 1.92. The van der Waals surface area contributed by atoms with Crippen LogP contribution in [0.25, 0.3) is 6.08 Å². The van der Waals surface area contributed by atoms with E-state index in [-0.39, 0.29) is 5.91 Å². The van der Waals surface area contributed by atoms with Gasteiger partial charge in [-0.1, -0.05) is 28.1 Å². The number of nitrogens with one attached hydrogen (secondary N) is 1. The highest BCUT2D eigenvalue weighted by molar-refractivity contribution is 9.10. The van der Waals surface area contributed by atoms with Crippen molar-refractivity contribution in [1.82, 2.24) is 4.90 Å². The predicted molar refractivity (Wildman–Crippen MR) is 95.0 cm³/mol. The van der Waals surface area contributed by atoms with Crippen molar-refractivity contribution in [1.29, 1.82) is 0 Å². The molecule has 2 aliphatic heterocycles. The van der Waals surface area contributed by atoms with Crippen molar-refractivity contribution < 1.29 is 9.69 Å². The maximum atomic E-state index is 12.1. The number of hydrogen-bond acceptors (Lipinski definition) is 3. The van der Waals surface area contributed by atoms with Crippen molar-refractivity contribution in [3.63, 3.8) is 0 Å². The molecule has 1 N–H and O–H groups in total. The number of carbonyl (C=O) groups excluding carboxylic acids is 1. The van der Waals surface area contributed by atoms with Crippen LogP contribution in [0.15, 0.2) is 38.6 Å². The first kappa shape index (κ1) is 15.8. The average molecular weight is 381 g/mol. The molecule has 22 heavy (non-hydrogen) atoms. The summed E-state index contributed by atoms with van der Waals surface area (Å²) in [6.45, 7) is 7.59. The summed E-state index contributed by atoms with van der Waals surface area (Å²) < 4.78 is 1.04. The number of piperazine rings is 1. The Labute approximate surface area is 143 Å². The van der Waals surface area contributed by atoms with Crippen LogP contribution in [-0.2, 0) is 4.79 Å². The number of likely N-dealkylation sites (N-methyl/N-ethyl adjacent to an activating group) is 1. The van der Waals surface area contributed by atoms with Crippen molar-refractivity contribution >= 4 is 44.8 Å². The van der Waals surface area contributed by atoms with Gasteiger partial charge in [0, 0.05) is 4.47 Å². The average Bonchev–Trinajstić information content (AvgIpc) is 2.91. The van der Waals surface area contributed by atoms with Crippen LogP contribution < -0.4 is 4.90 Å². The van der Waals surface area contributed by atoms with Gasteiger partial charge >= 0.3 is 0 Å². The molecule has 2 aliphatic rings. The molecule has 0 unspecified atom stereocenters. The van der Waals surface area contributed by atoms with Gasteiger partial charge in [0.15, 0.2) is 5.17 Å². The fourth-order valence-corrected chi connectivity index (χ4v) is 3.84. The first-order valence-corrected chi connectivity index (χ1v) is 9.13. The van der Waals surface area contributed by atoms with Crippen LogP contribution in [0.2, 0.25) is 0 Å².